The molecule has 1 rings (SSSR count). The molecule has 1 aliphatic rings. The highest BCUT2D eigenvalue weighted by Gasteiger charge is 2.41. The van der Waals surface area contributed by atoms with Gasteiger partial charge in [0.05, 0.1) is 0 Å². The average Bonchev–Trinajstić information content (AvgIpc) is 2.26. The Balaban J connectivity index is 0.00000196. The SMILES string of the molecule is CC(C)(C)N1CCN(C(C)(C)C)C1Cl.Cl. The van der Waals surface area contributed by atoms with Gasteiger partial charge in [-0.3, -0.25) is 9.80 Å². The van der Waals surface area contributed by atoms with Crippen molar-refractivity contribution in [2.45, 2.75) is 58.2 Å². The van der Waals surface area contributed by atoms with Gasteiger partial charge >= 0.3 is 0 Å². The van der Waals surface area contributed by atoms with Gasteiger partial charge < -0.3 is 0 Å². The van der Waals surface area contributed by atoms with E-state index in [0.717, 1.165) is 13.1 Å². The second kappa shape index (κ2) is 4.79. The molecular formula is C11H24Cl2N2. The van der Waals surface area contributed by atoms with Gasteiger partial charge in [-0.25, -0.2) is 0 Å². The van der Waals surface area contributed by atoms with E-state index in [1.165, 1.54) is 0 Å². The Bertz CT molecular complexity index is 184. The molecule has 1 aliphatic heterocycles. The minimum absolute atomic E-state index is 0. The Morgan fingerprint density at radius 3 is 1.27 bits per heavy atom. The lowest BCUT2D eigenvalue weighted by molar-refractivity contribution is 0.0684. The van der Waals surface area contributed by atoms with Gasteiger partial charge in [0, 0.05) is 24.2 Å². The number of rotatable bonds is 0. The number of hydrogen-bond donors (Lipinski definition) is 0. The van der Waals surface area contributed by atoms with Crippen molar-refractivity contribution < 1.29 is 0 Å². The molecule has 0 spiro atoms. The van der Waals surface area contributed by atoms with Crippen LogP contribution in [0.2, 0.25) is 0 Å². The second-order valence-electron chi connectivity index (χ2n) is 6.04. The van der Waals surface area contributed by atoms with E-state index in [-0.39, 0.29) is 29.1 Å². The number of nitrogens with zero attached hydrogens (tertiary/aromatic N) is 2. The minimum atomic E-state index is 0. The smallest absolute Gasteiger partial charge is 0.141 e. The van der Waals surface area contributed by atoms with E-state index in [1.54, 1.807) is 0 Å². The van der Waals surface area contributed by atoms with Gasteiger partial charge in [0.2, 0.25) is 0 Å². The Morgan fingerprint density at radius 1 is 0.867 bits per heavy atom. The van der Waals surface area contributed by atoms with Crippen molar-refractivity contribution in [1.29, 1.82) is 0 Å². The summed E-state index contributed by atoms with van der Waals surface area (Å²) >= 11 is 6.47. The molecule has 15 heavy (non-hydrogen) atoms. The first-order chi connectivity index (χ1) is 6.14. The third kappa shape index (κ3) is 3.48. The molecule has 0 amide bonds. The Labute approximate surface area is 105 Å². The van der Waals surface area contributed by atoms with E-state index in [0.29, 0.717) is 0 Å². The molecule has 4 heteroatoms. The number of alkyl halides is 1. The van der Waals surface area contributed by atoms with Crippen molar-refractivity contribution in [3.63, 3.8) is 0 Å². The standard InChI is InChI=1S/C11H23ClN2.ClH/c1-10(2,3)13-7-8-14(9(13)12)11(4,5)6;/h9H,7-8H2,1-6H3;1H. The van der Waals surface area contributed by atoms with Gasteiger partial charge in [0.25, 0.3) is 0 Å². The highest BCUT2D eigenvalue weighted by atomic mass is 35.5. The van der Waals surface area contributed by atoms with Gasteiger partial charge in [0.15, 0.2) is 0 Å². The van der Waals surface area contributed by atoms with E-state index in [1.807, 2.05) is 0 Å². The quantitative estimate of drug-likeness (QED) is 0.484. The third-order valence-electron chi connectivity index (χ3n) is 2.82. The highest BCUT2D eigenvalue weighted by Crippen LogP contribution is 2.31. The normalized spacial score (nSPS) is 21.8. The predicted octanol–water partition coefficient (Wildman–Crippen LogP) is 3.15. The first-order valence-corrected chi connectivity index (χ1v) is 5.75. The van der Waals surface area contributed by atoms with Crippen molar-refractivity contribution in [3.8, 4) is 0 Å². The van der Waals surface area contributed by atoms with Crippen molar-refractivity contribution >= 4 is 24.0 Å². The zero-order valence-electron chi connectivity index (χ0n) is 10.7. The average molecular weight is 255 g/mol. The molecule has 0 aromatic rings. The Morgan fingerprint density at radius 2 is 1.13 bits per heavy atom. The molecule has 0 N–H and O–H groups in total. The fraction of sp³-hybridized carbons (Fsp3) is 1.00. The first kappa shape index (κ1) is 15.5. The van der Waals surface area contributed by atoms with Gasteiger partial charge in [-0.1, -0.05) is 11.6 Å². The number of halogens is 2. The summed E-state index contributed by atoms with van der Waals surface area (Å²) in [4.78, 5) is 4.69. The summed E-state index contributed by atoms with van der Waals surface area (Å²) in [6, 6.07) is 0. The minimum Gasteiger partial charge on any atom is -0.269 e. The monoisotopic (exact) mass is 254 g/mol. The maximum atomic E-state index is 6.47. The zero-order valence-corrected chi connectivity index (χ0v) is 12.2. The van der Waals surface area contributed by atoms with E-state index < -0.39 is 0 Å². The van der Waals surface area contributed by atoms with E-state index in [9.17, 15) is 0 Å². The molecule has 0 aliphatic carbocycles. The lowest BCUT2D eigenvalue weighted by Crippen LogP contribution is -2.50. The van der Waals surface area contributed by atoms with Crippen LogP contribution in [-0.4, -0.2) is 39.6 Å². The summed E-state index contributed by atoms with van der Waals surface area (Å²) < 4.78 is 0. The summed E-state index contributed by atoms with van der Waals surface area (Å²) in [6.45, 7) is 15.4. The molecule has 2 nitrogen and oxygen atoms in total. The molecule has 0 radical (unpaired) electrons. The topological polar surface area (TPSA) is 6.48 Å². The van der Waals surface area contributed by atoms with Crippen LogP contribution in [0.4, 0.5) is 0 Å². The zero-order chi connectivity index (χ0) is 11.1. The van der Waals surface area contributed by atoms with Gasteiger partial charge in [0.1, 0.15) is 5.62 Å². The molecule has 1 saturated heterocycles. The molecule has 0 atom stereocenters. The molecule has 0 aromatic heterocycles. The maximum absolute atomic E-state index is 6.47. The van der Waals surface area contributed by atoms with E-state index >= 15 is 0 Å². The maximum Gasteiger partial charge on any atom is 0.141 e. The molecule has 0 unspecified atom stereocenters. The fourth-order valence-electron chi connectivity index (χ4n) is 1.91. The van der Waals surface area contributed by atoms with Crippen LogP contribution in [0.15, 0.2) is 0 Å². The Kier molecular flexibility index (Phi) is 4.94. The van der Waals surface area contributed by atoms with Gasteiger partial charge in [-0.2, -0.15) is 0 Å². The fourth-order valence-corrected chi connectivity index (χ4v) is 2.69. The summed E-state index contributed by atoms with van der Waals surface area (Å²) in [6.07, 6.45) is 0. The predicted molar refractivity (Wildman–Crippen MR) is 69.8 cm³/mol. The molecule has 0 bridgehead atoms. The van der Waals surface area contributed by atoms with Gasteiger partial charge in [-0.05, 0) is 41.5 Å². The largest absolute Gasteiger partial charge is 0.269 e. The molecule has 0 aromatic carbocycles. The van der Waals surface area contributed by atoms with Crippen LogP contribution in [0.25, 0.3) is 0 Å². The summed E-state index contributed by atoms with van der Waals surface area (Å²) in [7, 11) is 0. The molecular weight excluding hydrogens is 231 g/mol. The third-order valence-corrected chi connectivity index (χ3v) is 3.29. The lowest BCUT2D eigenvalue weighted by Gasteiger charge is -2.39. The molecule has 0 saturated carbocycles. The van der Waals surface area contributed by atoms with Crippen LogP contribution in [-0.2, 0) is 0 Å². The van der Waals surface area contributed by atoms with Crippen LogP contribution in [0.5, 0.6) is 0 Å². The van der Waals surface area contributed by atoms with Crippen LogP contribution in [0, 0.1) is 0 Å². The first-order valence-electron chi connectivity index (χ1n) is 5.31. The second-order valence-corrected chi connectivity index (χ2v) is 6.43. The van der Waals surface area contributed by atoms with Gasteiger partial charge in [-0.15, -0.1) is 12.4 Å². The number of hydrogen-bond acceptors (Lipinski definition) is 2. The highest BCUT2D eigenvalue weighted by molar-refractivity contribution is 6.20. The molecule has 1 fully saturated rings. The van der Waals surface area contributed by atoms with Crippen LogP contribution in [0.1, 0.15) is 41.5 Å². The molecule has 1 heterocycles. The summed E-state index contributed by atoms with van der Waals surface area (Å²) in [5.41, 5.74) is 0.355. The summed E-state index contributed by atoms with van der Waals surface area (Å²) in [5.74, 6) is 0. The van der Waals surface area contributed by atoms with E-state index in [2.05, 4.69) is 51.3 Å². The van der Waals surface area contributed by atoms with Crippen molar-refractivity contribution in [2.24, 2.45) is 0 Å². The Hall–Kier alpha value is 0.500. The van der Waals surface area contributed by atoms with Crippen LogP contribution in [0.3, 0.4) is 0 Å². The van der Waals surface area contributed by atoms with Crippen LogP contribution < -0.4 is 0 Å². The molecule has 92 valence electrons. The summed E-state index contributed by atoms with van der Waals surface area (Å²) in [5, 5.41) is 0. The van der Waals surface area contributed by atoms with Crippen LogP contribution >= 0.6 is 24.0 Å². The van der Waals surface area contributed by atoms with Crippen molar-refractivity contribution in [1.82, 2.24) is 9.80 Å². The van der Waals surface area contributed by atoms with E-state index in [4.69, 9.17) is 11.6 Å². The lowest BCUT2D eigenvalue weighted by atomic mass is 10.1. The van der Waals surface area contributed by atoms with Crippen molar-refractivity contribution in [3.05, 3.63) is 0 Å². The van der Waals surface area contributed by atoms with Crippen molar-refractivity contribution in [2.75, 3.05) is 13.1 Å².